The van der Waals surface area contributed by atoms with Crippen molar-refractivity contribution in [2.75, 3.05) is 12.4 Å². The van der Waals surface area contributed by atoms with E-state index in [2.05, 4.69) is 68.0 Å². The molecule has 0 heterocycles. The van der Waals surface area contributed by atoms with E-state index in [1.807, 2.05) is 25.3 Å². The molecular formula is C22H27N3. The normalized spacial score (nSPS) is 12.4. The zero-order chi connectivity index (χ0) is 18.2. The maximum absolute atomic E-state index is 4.80. The van der Waals surface area contributed by atoms with Gasteiger partial charge < -0.3 is 10.6 Å². The van der Waals surface area contributed by atoms with E-state index < -0.39 is 0 Å². The fraction of sp³-hybridized carbons (Fsp3) is 0.227. The van der Waals surface area contributed by atoms with Gasteiger partial charge in [-0.15, -0.1) is 6.58 Å². The van der Waals surface area contributed by atoms with Crippen LogP contribution in [0.25, 0.3) is 0 Å². The lowest BCUT2D eigenvalue weighted by Gasteiger charge is -2.16. The molecule has 0 amide bonds. The fourth-order valence-electron chi connectivity index (χ4n) is 2.83. The first kappa shape index (κ1) is 18.5. The lowest BCUT2D eigenvalue weighted by atomic mass is 9.92. The molecule has 2 rings (SSSR count). The van der Waals surface area contributed by atoms with Gasteiger partial charge in [-0.3, -0.25) is 4.99 Å². The van der Waals surface area contributed by atoms with Crippen molar-refractivity contribution in [1.82, 2.24) is 5.32 Å². The summed E-state index contributed by atoms with van der Waals surface area (Å²) in [5.74, 6) is 1.14. The second kappa shape index (κ2) is 8.88. The van der Waals surface area contributed by atoms with Gasteiger partial charge in [0.1, 0.15) is 5.84 Å². The van der Waals surface area contributed by atoms with Crippen molar-refractivity contribution in [3.05, 3.63) is 90.2 Å². The minimum atomic E-state index is 0.303. The molecule has 0 aliphatic rings. The van der Waals surface area contributed by atoms with Crippen molar-refractivity contribution in [2.24, 2.45) is 4.99 Å². The molecule has 1 atom stereocenters. The van der Waals surface area contributed by atoms with Crippen molar-refractivity contribution >= 4 is 11.5 Å². The van der Waals surface area contributed by atoms with E-state index in [4.69, 9.17) is 4.99 Å². The van der Waals surface area contributed by atoms with Gasteiger partial charge in [0.2, 0.25) is 0 Å². The van der Waals surface area contributed by atoms with E-state index in [-0.39, 0.29) is 0 Å². The number of hydrogen-bond donors (Lipinski definition) is 2. The molecule has 0 fully saturated rings. The van der Waals surface area contributed by atoms with Gasteiger partial charge in [0.15, 0.2) is 0 Å². The number of nitrogens with zero attached hydrogens (tertiary/aromatic N) is 1. The summed E-state index contributed by atoms with van der Waals surface area (Å²) in [4.78, 5) is 4.80. The van der Waals surface area contributed by atoms with Crippen molar-refractivity contribution in [2.45, 2.75) is 26.3 Å². The van der Waals surface area contributed by atoms with Crippen molar-refractivity contribution in [1.29, 1.82) is 0 Å². The number of allylic oxidation sites excluding steroid dienone is 1. The Morgan fingerprint density at radius 1 is 1.20 bits per heavy atom. The molecule has 130 valence electrons. The Morgan fingerprint density at radius 3 is 2.64 bits per heavy atom. The van der Waals surface area contributed by atoms with Crippen LogP contribution >= 0.6 is 0 Å². The van der Waals surface area contributed by atoms with Crippen LogP contribution in [-0.2, 0) is 6.54 Å². The zero-order valence-corrected chi connectivity index (χ0v) is 15.3. The maximum Gasteiger partial charge on any atom is 0.132 e. The number of amidine groups is 1. The second-order valence-electron chi connectivity index (χ2n) is 6.01. The summed E-state index contributed by atoms with van der Waals surface area (Å²) in [7, 11) is 1.92. The van der Waals surface area contributed by atoms with E-state index in [0.29, 0.717) is 12.5 Å². The maximum atomic E-state index is 4.80. The highest BCUT2D eigenvalue weighted by atomic mass is 15.0. The first-order chi connectivity index (χ1) is 12.1. The van der Waals surface area contributed by atoms with Crippen LogP contribution in [0, 0.1) is 6.92 Å². The summed E-state index contributed by atoms with van der Waals surface area (Å²) in [6, 6.07) is 14.6. The van der Waals surface area contributed by atoms with Crippen LogP contribution in [0.2, 0.25) is 0 Å². The van der Waals surface area contributed by atoms with E-state index in [1.54, 1.807) is 6.20 Å². The Morgan fingerprint density at radius 2 is 1.96 bits per heavy atom. The Balaban J connectivity index is 2.37. The molecule has 0 saturated carbocycles. The van der Waals surface area contributed by atoms with Crippen molar-refractivity contribution < 1.29 is 0 Å². The minimum absolute atomic E-state index is 0.303. The predicted octanol–water partition coefficient (Wildman–Crippen LogP) is 5.01. The molecule has 0 radical (unpaired) electrons. The van der Waals surface area contributed by atoms with Gasteiger partial charge in [-0.2, -0.15) is 0 Å². The van der Waals surface area contributed by atoms with Crippen LogP contribution in [0.15, 0.2) is 72.9 Å². The second-order valence-corrected chi connectivity index (χ2v) is 6.01. The highest BCUT2D eigenvalue weighted by molar-refractivity contribution is 6.00. The molecule has 0 spiro atoms. The molecule has 2 aromatic rings. The number of nitrogens with one attached hydrogen (secondary N) is 2. The van der Waals surface area contributed by atoms with Crippen LogP contribution in [0.1, 0.15) is 35.1 Å². The Bertz CT molecular complexity index is 775. The molecule has 0 bridgehead atoms. The molecule has 0 aromatic heterocycles. The minimum Gasteiger partial charge on any atom is -0.388 e. The summed E-state index contributed by atoms with van der Waals surface area (Å²) in [5, 5.41) is 6.35. The van der Waals surface area contributed by atoms with Crippen molar-refractivity contribution in [3.63, 3.8) is 0 Å². The van der Waals surface area contributed by atoms with Crippen LogP contribution in [0.4, 0.5) is 5.69 Å². The third-order valence-corrected chi connectivity index (χ3v) is 4.35. The third-order valence-electron chi connectivity index (χ3n) is 4.35. The standard InChI is InChI=1S/C22H27N3/c1-6-16(3)20-12-9-13-21(17(20)4)22(24-7-2)25-15-18-10-8-11-19(14-18)23-5/h6-14,16,23H,1-2,15H2,3-5H3,(H,24,25). The average Bonchev–Trinajstić information content (AvgIpc) is 2.65. The fourth-order valence-corrected chi connectivity index (χ4v) is 2.83. The van der Waals surface area contributed by atoms with E-state index in [9.17, 15) is 0 Å². The van der Waals surface area contributed by atoms with Gasteiger partial charge in [-0.1, -0.05) is 49.9 Å². The smallest absolute Gasteiger partial charge is 0.132 e. The Kier molecular flexibility index (Phi) is 6.58. The van der Waals surface area contributed by atoms with Crippen LogP contribution in [-0.4, -0.2) is 12.9 Å². The molecule has 2 aromatic carbocycles. The number of rotatable bonds is 7. The summed E-state index contributed by atoms with van der Waals surface area (Å²) >= 11 is 0. The quantitative estimate of drug-likeness (QED) is 0.425. The van der Waals surface area contributed by atoms with Gasteiger partial charge in [0.25, 0.3) is 0 Å². The molecular weight excluding hydrogens is 306 g/mol. The molecule has 1 unspecified atom stereocenters. The molecule has 3 heteroatoms. The van der Waals surface area contributed by atoms with Crippen LogP contribution in [0.3, 0.4) is 0 Å². The average molecular weight is 333 g/mol. The molecule has 0 aliphatic carbocycles. The lowest BCUT2D eigenvalue weighted by molar-refractivity contribution is 0.952. The van der Waals surface area contributed by atoms with Gasteiger partial charge in [0.05, 0.1) is 6.54 Å². The van der Waals surface area contributed by atoms with Gasteiger partial charge in [-0.05, 0) is 47.9 Å². The topological polar surface area (TPSA) is 36.4 Å². The van der Waals surface area contributed by atoms with Crippen LogP contribution < -0.4 is 10.6 Å². The van der Waals surface area contributed by atoms with E-state index >= 15 is 0 Å². The molecule has 0 aliphatic heterocycles. The van der Waals surface area contributed by atoms with Gasteiger partial charge in [0, 0.05) is 18.3 Å². The van der Waals surface area contributed by atoms with Gasteiger partial charge >= 0.3 is 0 Å². The highest BCUT2D eigenvalue weighted by Crippen LogP contribution is 2.23. The third kappa shape index (κ3) is 4.60. The molecule has 0 saturated heterocycles. The summed E-state index contributed by atoms with van der Waals surface area (Å²) in [5.41, 5.74) is 5.82. The Labute approximate surface area is 151 Å². The van der Waals surface area contributed by atoms with E-state index in [1.165, 1.54) is 11.1 Å². The largest absolute Gasteiger partial charge is 0.388 e. The van der Waals surface area contributed by atoms with Crippen LogP contribution in [0.5, 0.6) is 0 Å². The monoisotopic (exact) mass is 333 g/mol. The number of aliphatic imine (C=N–C) groups is 1. The molecule has 25 heavy (non-hydrogen) atoms. The molecule has 2 N–H and O–H groups in total. The van der Waals surface area contributed by atoms with Crippen molar-refractivity contribution in [3.8, 4) is 0 Å². The first-order valence-electron chi connectivity index (χ1n) is 8.51. The zero-order valence-electron chi connectivity index (χ0n) is 15.3. The number of benzene rings is 2. The molecule has 3 nitrogen and oxygen atoms in total. The lowest BCUT2D eigenvalue weighted by Crippen LogP contribution is -2.20. The highest BCUT2D eigenvalue weighted by Gasteiger charge is 2.12. The summed E-state index contributed by atoms with van der Waals surface area (Å²) in [6.07, 6.45) is 3.64. The predicted molar refractivity (Wildman–Crippen MR) is 109 cm³/mol. The Hall–Kier alpha value is -2.81. The summed E-state index contributed by atoms with van der Waals surface area (Å²) in [6.45, 7) is 12.6. The summed E-state index contributed by atoms with van der Waals surface area (Å²) < 4.78 is 0. The van der Waals surface area contributed by atoms with E-state index in [0.717, 1.165) is 22.6 Å². The number of hydrogen-bond acceptors (Lipinski definition) is 2. The van der Waals surface area contributed by atoms with Gasteiger partial charge in [-0.25, -0.2) is 0 Å². The SMILES string of the molecule is C=CNC(=NCc1cccc(NC)c1)c1cccc(C(C)C=C)c1C. The first-order valence-corrected chi connectivity index (χ1v) is 8.51. The number of anilines is 1.